The van der Waals surface area contributed by atoms with E-state index in [1.165, 1.54) is 0 Å². The lowest BCUT2D eigenvalue weighted by Crippen LogP contribution is -2.50. The molecule has 1 saturated heterocycles. The van der Waals surface area contributed by atoms with Crippen molar-refractivity contribution in [3.05, 3.63) is 0 Å². The molecule has 0 aromatic carbocycles. The molecule has 3 amide bonds. The lowest BCUT2D eigenvalue weighted by molar-refractivity contribution is -0.129. The fraction of sp³-hybridized carbons (Fsp3) is 0.600. The summed E-state index contributed by atoms with van der Waals surface area (Å²) in [6.07, 6.45) is 1.02. The molecule has 0 radical (unpaired) electrons. The van der Waals surface area contributed by atoms with Crippen molar-refractivity contribution in [2.75, 3.05) is 0 Å². The van der Waals surface area contributed by atoms with E-state index in [1.54, 1.807) is 0 Å². The molecule has 1 aliphatic heterocycles. The van der Waals surface area contributed by atoms with Crippen LogP contribution < -0.4 is 16.4 Å². The number of amides is 3. The van der Waals surface area contributed by atoms with E-state index in [1.807, 2.05) is 6.07 Å². The maximum absolute atomic E-state index is 11.7. The largest absolute Gasteiger partial charge is 0.368 e. The molecular formula is C10H14N4O3. The van der Waals surface area contributed by atoms with E-state index >= 15 is 0 Å². The van der Waals surface area contributed by atoms with Crippen molar-refractivity contribution < 1.29 is 14.4 Å². The normalized spacial score (nSPS) is 20.2. The molecule has 2 atom stereocenters. The minimum atomic E-state index is -0.861. The van der Waals surface area contributed by atoms with Gasteiger partial charge in [0.25, 0.3) is 0 Å². The first-order valence-electron chi connectivity index (χ1n) is 5.30. The van der Waals surface area contributed by atoms with Crippen molar-refractivity contribution in [1.82, 2.24) is 10.6 Å². The van der Waals surface area contributed by atoms with Gasteiger partial charge in [-0.1, -0.05) is 0 Å². The highest BCUT2D eigenvalue weighted by atomic mass is 16.2. The van der Waals surface area contributed by atoms with Crippen molar-refractivity contribution in [3.8, 4) is 6.07 Å². The molecule has 0 unspecified atom stereocenters. The van der Waals surface area contributed by atoms with Crippen molar-refractivity contribution in [3.63, 3.8) is 0 Å². The van der Waals surface area contributed by atoms with E-state index in [2.05, 4.69) is 10.6 Å². The summed E-state index contributed by atoms with van der Waals surface area (Å²) in [5.74, 6) is -1.30. The lowest BCUT2D eigenvalue weighted by atomic mass is 10.1. The fourth-order valence-corrected chi connectivity index (χ4v) is 1.58. The highest BCUT2D eigenvalue weighted by molar-refractivity contribution is 5.93. The van der Waals surface area contributed by atoms with E-state index in [4.69, 9.17) is 11.0 Å². The number of carbonyl (C=O) groups excluding carboxylic acids is 3. The van der Waals surface area contributed by atoms with Gasteiger partial charge in [0.1, 0.15) is 12.1 Å². The van der Waals surface area contributed by atoms with Gasteiger partial charge in [0.05, 0.1) is 6.07 Å². The highest BCUT2D eigenvalue weighted by Gasteiger charge is 2.29. The Morgan fingerprint density at radius 2 is 2.35 bits per heavy atom. The van der Waals surface area contributed by atoms with E-state index < -0.39 is 23.9 Å². The Morgan fingerprint density at radius 3 is 2.82 bits per heavy atom. The molecule has 0 aromatic heterocycles. The molecule has 0 spiro atoms. The van der Waals surface area contributed by atoms with E-state index in [-0.39, 0.29) is 18.7 Å². The maximum Gasteiger partial charge on any atom is 0.243 e. The van der Waals surface area contributed by atoms with Gasteiger partial charge in [-0.2, -0.15) is 5.26 Å². The maximum atomic E-state index is 11.7. The Hall–Kier alpha value is -2.10. The highest BCUT2D eigenvalue weighted by Crippen LogP contribution is 2.07. The molecule has 7 heteroatoms. The number of nitrogens with zero attached hydrogens (tertiary/aromatic N) is 1. The molecule has 0 aromatic rings. The zero-order chi connectivity index (χ0) is 12.8. The van der Waals surface area contributed by atoms with Crippen LogP contribution in [0.25, 0.3) is 0 Å². The summed E-state index contributed by atoms with van der Waals surface area (Å²) >= 11 is 0. The number of nitrogens with two attached hydrogens (primary N) is 1. The molecule has 0 bridgehead atoms. The van der Waals surface area contributed by atoms with Gasteiger partial charge < -0.3 is 16.4 Å². The predicted octanol–water partition coefficient (Wildman–Crippen LogP) is -1.46. The first-order chi connectivity index (χ1) is 8.04. The van der Waals surface area contributed by atoms with Crippen LogP contribution in [0.2, 0.25) is 0 Å². The molecule has 1 heterocycles. The predicted molar refractivity (Wildman–Crippen MR) is 57.1 cm³/mol. The lowest BCUT2D eigenvalue weighted by Gasteiger charge is -2.17. The Morgan fingerprint density at radius 1 is 1.65 bits per heavy atom. The SMILES string of the molecule is N#CCC[C@H](NC(=O)[C@@H]1CCC(=O)N1)C(N)=O. The van der Waals surface area contributed by atoms with E-state index in [9.17, 15) is 14.4 Å². The number of hydrogen-bond acceptors (Lipinski definition) is 4. The summed E-state index contributed by atoms with van der Waals surface area (Å²) in [5, 5.41) is 13.3. The van der Waals surface area contributed by atoms with Crippen LogP contribution in [0.3, 0.4) is 0 Å². The molecule has 1 rings (SSSR count). The molecule has 4 N–H and O–H groups in total. The zero-order valence-corrected chi connectivity index (χ0v) is 9.23. The smallest absolute Gasteiger partial charge is 0.243 e. The molecule has 1 aliphatic rings. The second-order valence-electron chi connectivity index (χ2n) is 3.82. The number of primary amides is 1. The quantitative estimate of drug-likeness (QED) is 0.541. The van der Waals surface area contributed by atoms with Crippen molar-refractivity contribution in [2.45, 2.75) is 37.8 Å². The van der Waals surface area contributed by atoms with Gasteiger partial charge in [0, 0.05) is 12.8 Å². The minimum absolute atomic E-state index is 0.130. The van der Waals surface area contributed by atoms with Crippen molar-refractivity contribution in [1.29, 1.82) is 5.26 Å². The summed E-state index contributed by atoms with van der Waals surface area (Å²) in [5.41, 5.74) is 5.10. The van der Waals surface area contributed by atoms with Crippen LogP contribution in [0.4, 0.5) is 0 Å². The Bertz CT molecular complexity index is 374. The van der Waals surface area contributed by atoms with Gasteiger partial charge >= 0.3 is 0 Å². The number of hydrogen-bond donors (Lipinski definition) is 3. The molecule has 7 nitrogen and oxygen atoms in total. The van der Waals surface area contributed by atoms with Gasteiger partial charge in [-0.15, -0.1) is 0 Å². The third kappa shape index (κ3) is 3.75. The average molecular weight is 238 g/mol. The molecule has 92 valence electrons. The number of rotatable bonds is 5. The third-order valence-electron chi connectivity index (χ3n) is 2.52. The molecule has 17 heavy (non-hydrogen) atoms. The van der Waals surface area contributed by atoms with Crippen LogP contribution in [-0.4, -0.2) is 29.8 Å². The summed E-state index contributed by atoms with van der Waals surface area (Å²) in [6.45, 7) is 0. The Labute approximate surface area is 98.3 Å². The average Bonchev–Trinajstić information content (AvgIpc) is 2.70. The summed E-state index contributed by atoms with van der Waals surface area (Å²) in [7, 11) is 0. The first kappa shape index (κ1) is 13.0. The van der Waals surface area contributed by atoms with Crippen LogP contribution in [-0.2, 0) is 14.4 Å². The van der Waals surface area contributed by atoms with Crippen LogP contribution >= 0.6 is 0 Å². The van der Waals surface area contributed by atoms with Crippen molar-refractivity contribution in [2.24, 2.45) is 5.73 Å². The van der Waals surface area contributed by atoms with Gasteiger partial charge in [-0.05, 0) is 12.8 Å². The monoisotopic (exact) mass is 238 g/mol. The van der Waals surface area contributed by atoms with Crippen LogP contribution in [0.15, 0.2) is 0 Å². The summed E-state index contributed by atoms with van der Waals surface area (Å²) < 4.78 is 0. The van der Waals surface area contributed by atoms with Gasteiger partial charge in [0.2, 0.25) is 17.7 Å². The fourth-order valence-electron chi connectivity index (χ4n) is 1.58. The summed E-state index contributed by atoms with van der Waals surface area (Å²) in [4.78, 5) is 33.6. The molecule has 0 aliphatic carbocycles. The van der Waals surface area contributed by atoms with Gasteiger partial charge in [-0.3, -0.25) is 14.4 Å². The van der Waals surface area contributed by atoms with Crippen molar-refractivity contribution >= 4 is 17.7 Å². The zero-order valence-electron chi connectivity index (χ0n) is 9.23. The number of nitrogens with one attached hydrogen (secondary N) is 2. The number of carbonyl (C=O) groups is 3. The number of nitriles is 1. The van der Waals surface area contributed by atoms with Crippen LogP contribution in [0, 0.1) is 11.3 Å². The minimum Gasteiger partial charge on any atom is -0.368 e. The van der Waals surface area contributed by atoms with E-state index in [0.717, 1.165) is 0 Å². The van der Waals surface area contributed by atoms with Crippen LogP contribution in [0.5, 0.6) is 0 Å². The first-order valence-corrected chi connectivity index (χ1v) is 5.30. The van der Waals surface area contributed by atoms with Crippen LogP contribution in [0.1, 0.15) is 25.7 Å². The molecule has 0 saturated carbocycles. The van der Waals surface area contributed by atoms with Gasteiger partial charge in [0.15, 0.2) is 0 Å². The topological polar surface area (TPSA) is 125 Å². The third-order valence-corrected chi connectivity index (χ3v) is 2.52. The second kappa shape index (κ2) is 5.84. The molecular weight excluding hydrogens is 224 g/mol. The van der Waals surface area contributed by atoms with E-state index in [0.29, 0.717) is 12.8 Å². The Kier molecular flexibility index (Phi) is 4.46. The summed E-state index contributed by atoms with van der Waals surface area (Å²) in [6, 6.07) is 0.407. The second-order valence-corrected chi connectivity index (χ2v) is 3.82. The van der Waals surface area contributed by atoms with Gasteiger partial charge in [-0.25, -0.2) is 0 Å². The standard InChI is InChI=1S/C10H14N4O3/c11-5-1-2-6(9(12)16)14-10(17)7-3-4-8(15)13-7/h6-7H,1-4H2,(H2,12,16)(H,13,15)(H,14,17)/t6-,7-/m0/s1. The Balaban J connectivity index is 2.49. The molecule has 1 fully saturated rings.